The number of likely N-dealkylation sites (N-methyl/N-ethyl adjacent to an activating group) is 1. The predicted octanol–water partition coefficient (Wildman–Crippen LogP) is 1.79. The Kier molecular flexibility index (Phi) is 4.17. The van der Waals surface area contributed by atoms with E-state index in [1.807, 2.05) is 25.3 Å². The van der Waals surface area contributed by atoms with Crippen molar-refractivity contribution in [2.45, 2.75) is 20.4 Å². The highest BCUT2D eigenvalue weighted by Crippen LogP contribution is 2.24. The lowest BCUT2D eigenvalue weighted by Gasteiger charge is -2.18. The summed E-state index contributed by atoms with van der Waals surface area (Å²) >= 11 is 0. The largest absolute Gasteiger partial charge is 0.460 e. The van der Waals surface area contributed by atoms with Gasteiger partial charge in [0, 0.05) is 18.7 Å². The number of nitrogens with one attached hydrogen (secondary N) is 1. The summed E-state index contributed by atoms with van der Waals surface area (Å²) < 4.78 is 5.60. The fourth-order valence-corrected chi connectivity index (χ4v) is 1.94. The minimum Gasteiger partial charge on any atom is -0.460 e. The number of nitrogens with zero attached hydrogens (tertiary/aromatic N) is 2. The molecule has 0 fully saturated rings. The molecule has 2 rings (SSSR count). The van der Waals surface area contributed by atoms with Crippen LogP contribution in [0, 0.1) is 6.92 Å². The lowest BCUT2D eigenvalue weighted by molar-refractivity contribution is 0.197. The molecule has 18 heavy (non-hydrogen) atoms. The number of aliphatic hydroxyl groups is 1. The van der Waals surface area contributed by atoms with E-state index in [0.29, 0.717) is 6.54 Å². The molecule has 0 aliphatic heterocycles. The van der Waals surface area contributed by atoms with Crippen LogP contribution < -0.4 is 0 Å². The van der Waals surface area contributed by atoms with Crippen molar-refractivity contribution in [3.63, 3.8) is 0 Å². The molecule has 2 heterocycles. The summed E-state index contributed by atoms with van der Waals surface area (Å²) in [7, 11) is 0. The first-order valence-corrected chi connectivity index (χ1v) is 6.16. The van der Waals surface area contributed by atoms with Crippen molar-refractivity contribution in [1.82, 2.24) is 15.1 Å². The van der Waals surface area contributed by atoms with E-state index in [4.69, 9.17) is 9.52 Å². The minimum absolute atomic E-state index is 0.168. The second kappa shape index (κ2) is 5.84. The van der Waals surface area contributed by atoms with Crippen molar-refractivity contribution in [3.05, 3.63) is 29.7 Å². The Labute approximate surface area is 106 Å². The van der Waals surface area contributed by atoms with Gasteiger partial charge in [-0.05, 0) is 25.6 Å². The molecule has 0 saturated heterocycles. The molecule has 0 aliphatic carbocycles. The van der Waals surface area contributed by atoms with Crippen LogP contribution >= 0.6 is 0 Å². The highest BCUT2D eigenvalue weighted by molar-refractivity contribution is 5.56. The van der Waals surface area contributed by atoms with Crippen LogP contribution in [0.3, 0.4) is 0 Å². The van der Waals surface area contributed by atoms with Crippen LogP contribution in [-0.2, 0) is 6.54 Å². The van der Waals surface area contributed by atoms with Crippen molar-refractivity contribution in [2.75, 3.05) is 19.7 Å². The van der Waals surface area contributed by atoms with Crippen LogP contribution in [0.25, 0.3) is 11.5 Å². The first-order valence-electron chi connectivity index (χ1n) is 6.16. The second-order valence-electron chi connectivity index (χ2n) is 4.27. The normalized spacial score (nSPS) is 11.3. The highest BCUT2D eigenvalue weighted by Gasteiger charge is 2.13. The fraction of sp³-hybridized carbons (Fsp3) is 0.462. The summed E-state index contributed by atoms with van der Waals surface area (Å²) in [5, 5.41) is 16.1. The summed E-state index contributed by atoms with van der Waals surface area (Å²) in [4.78, 5) is 2.16. The average molecular weight is 249 g/mol. The van der Waals surface area contributed by atoms with E-state index in [1.165, 1.54) is 0 Å². The number of aliphatic hydroxyl groups excluding tert-OH is 1. The van der Waals surface area contributed by atoms with Gasteiger partial charge >= 0.3 is 0 Å². The summed E-state index contributed by atoms with van der Waals surface area (Å²) in [6, 6.07) is 3.87. The molecule has 0 bridgehead atoms. The number of aromatic nitrogens is 2. The molecule has 0 aliphatic rings. The lowest BCUT2D eigenvalue weighted by Crippen LogP contribution is -2.26. The van der Waals surface area contributed by atoms with Crippen molar-refractivity contribution in [2.24, 2.45) is 0 Å². The third kappa shape index (κ3) is 2.80. The zero-order valence-corrected chi connectivity index (χ0v) is 10.8. The first kappa shape index (κ1) is 12.9. The van der Waals surface area contributed by atoms with Gasteiger partial charge in [0.2, 0.25) is 0 Å². The van der Waals surface area contributed by atoms with E-state index in [2.05, 4.69) is 22.0 Å². The predicted molar refractivity (Wildman–Crippen MR) is 69.1 cm³/mol. The van der Waals surface area contributed by atoms with Crippen LogP contribution in [-0.4, -0.2) is 39.9 Å². The third-order valence-corrected chi connectivity index (χ3v) is 2.96. The molecule has 0 amide bonds. The maximum Gasteiger partial charge on any atom is 0.152 e. The van der Waals surface area contributed by atoms with Crippen LogP contribution in [0.4, 0.5) is 0 Å². The number of rotatable bonds is 6. The number of hydrogen-bond acceptors (Lipinski definition) is 4. The van der Waals surface area contributed by atoms with Crippen molar-refractivity contribution in [1.29, 1.82) is 0 Å². The number of aromatic amines is 1. The van der Waals surface area contributed by atoms with Crippen molar-refractivity contribution < 1.29 is 9.52 Å². The van der Waals surface area contributed by atoms with Crippen molar-refractivity contribution in [3.8, 4) is 11.5 Å². The zero-order valence-electron chi connectivity index (χ0n) is 10.8. The fourth-order valence-electron chi connectivity index (χ4n) is 1.94. The second-order valence-corrected chi connectivity index (χ2v) is 4.27. The SMILES string of the molecule is CCN(CCO)Cc1cn[nH]c1-c1ccc(C)o1. The number of hydrogen-bond donors (Lipinski definition) is 2. The highest BCUT2D eigenvalue weighted by atomic mass is 16.3. The molecular weight excluding hydrogens is 230 g/mol. The van der Waals surface area contributed by atoms with E-state index in [9.17, 15) is 0 Å². The number of aryl methyl sites for hydroxylation is 1. The monoisotopic (exact) mass is 249 g/mol. The maximum atomic E-state index is 9.00. The van der Waals surface area contributed by atoms with Gasteiger partial charge in [0.25, 0.3) is 0 Å². The molecule has 0 radical (unpaired) electrons. The van der Waals surface area contributed by atoms with Gasteiger partial charge in [-0.1, -0.05) is 6.92 Å². The van der Waals surface area contributed by atoms with Crippen LogP contribution in [0.1, 0.15) is 18.2 Å². The van der Waals surface area contributed by atoms with Gasteiger partial charge in [-0.25, -0.2) is 0 Å². The Balaban J connectivity index is 2.17. The van der Waals surface area contributed by atoms with Crippen LogP contribution in [0.2, 0.25) is 0 Å². The molecule has 0 spiro atoms. The first-order chi connectivity index (χ1) is 8.74. The smallest absolute Gasteiger partial charge is 0.152 e. The molecule has 2 aromatic rings. The molecule has 0 atom stereocenters. The maximum absolute atomic E-state index is 9.00. The summed E-state index contributed by atoms with van der Waals surface area (Å²) in [6.45, 7) is 6.47. The van der Waals surface area contributed by atoms with E-state index in [-0.39, 0.29) is 6.61 Å². The molecule has 0 aromatic carbocycles. The zero-order chi connectivity index (χ0) is 13.0. The molecule has 2 aromatic heterocycles. The Hall–Kier alpha value is -1.59. The third-order valence-electron chi connectivity index (χ3n) is 2.96. The van der Waals surface area contributed by atoms with Gasteiger partial charge in [0.1, 0.15) is 11.5 Å². The summed E-state index contributed by atoms with van der Waals surface area (Å²) in [5.41, 5.74) is 2.00. The van der Waals surface area contributed by atoms with Gasteiger partial charge in [0.15, 0.2) is 5.76 Å². The van der Waals surface area contributed by atoms with Gasteiger partial charge in [-0.2, -0.15) is 5.10 Å². The summed E-state index contributed by atoms with van der Waals surface area (Å²) in [6.07, 6.45) is 1.81. The van der Waals surface area contributed by atoms with E-state index < -0.39 is 0 Å². The number of furan rings is 1. The van der Waals surface area contributed by atoms with E-state index in [0.717, 1.165) is 35.9 Å². The molecule has 2 N–H and O–H groups in total. The molecular formula is C13H19N3O2. The quantitative estimate of drug-likeness (QED) is 0.819. The molecule has 98 valence electrons. The number of H-pyrrole nitrogens is 1. The Morgan fingerprint density at radius 2 is 2.28 bits per heavy atom. The van der Waals surface area contributed by atoms with Gasteiger partial charge in [0.05, 0.1) is 12.8 Å². The van der Waals surface area contributed by atoms with Crippen LogP contribution in [0.5, 0.6) is 0 Å². The molecule has 0 saturated carbocycles. The summed E-state index contributed by atoms with van der Waals surface area (Å²) in [5.74, 6) is 1.69. The Bertz CT molecular complexity index is 490. The van der Waals surface area contributed by atoms with E-state index >= 15 is 0 Å². The minimum atomic E-state index is 0.168. The lowest BCUT2D eigenvalue weighted by atomic mass is 10.2. The Morgan fingerprint density at radius 1 is 1.44 bits per heavy atom. The molecule has 5 heteroatoms. The average Bonchev–Trinajstić information content (AvgIpc) is 2.97. The van der Waals surface area contributed by atoms with Gasteiger partial charge < -0.3 is 9.52 Å². The molecule has 0 unspecified atom stereocenters. The van der Waals surface area contributed by atoms with Gasteiger partial charge in [-0.15, -0.1) is 0 Å². The van der Waals surface area contributed by atoms with Crippen molar-refractivity contribution >= 4 is 0 Å². The Morgan fingerprint density at radius 3 is 2.89 bits per heavy atom. The standard InChI is InChI=1S/C13H19N3O2/c1-3-16(6-7-17)9-11-8-14-15-13(11)12-5-4-10(2)18-12/h4-5,8,17H,3,6-7,9H2,1-2H3,(H,14,15). The van der Waals surface area contributed by atoms with E-state index in [1.54, 1.807) is 0 Å². The van der Waals surface area contributed by atoms with Gasteiger partial charge in [-0.3, -0.25) is 10.00 Å². The molecule has 5 nitrogen and oxygen atoms in total. The van der Waals surface area contributed by atoms with Crippen LogP contribution in [0.15, 0.2) is 22.7 Å². The topological polar surface area (TPSA) is 65.3 Å².